The number of hydrogen-bond acceptors (Lipinski definition) is 2. The number of hydrogen-bond donors (Lipinski definition) is 1. The zero-order valence-electron chi connectivity index (χ0n) is 18.8. The molecule has 4 nitrogen and oxygen atoms in total. The van der Waals surface area contributed by atoms with Gasteiger partial charge in [-0.15, -0.1) is 0 Å². The molecule has 166 valence electrons. The van der Waals surface area contributed by atoms with Crippen LogP contribution >= 0.6 is 15.9 Å². The van der Waals surface area contributed by atoms with E-state index in [1.807, 2.05) is 45.0 Å². The predicted octanol–water partition coefficient (Wildman–Crippen LogP) is 5.47. The van der Waals surface area contributed by atoms with Crippen molar-refractivity contribution in [1.82, 2.24) is 10.2 Å². The van der Waals surface area contributed by atoms with Gasteiger partial charge >= 0.3 is 0 Å². The summed E-state index contributed by atoms with van der Waals surface area (Å²) in [6, 6.07) is 13.8. The van der Waals surface area contributed by atoms with Crippen LogP contribution in [0.15, 0.2) is 46.9 Å². The molecule has 1 saturated carbocycles. The smallest absolute Gasteiger partial charge is 0.242 e. The fourth-order valence-corrected chi connectivity index (χ4v) is 4.88. The van der Waals surface area contributed by atoms with Gasteiger partial charge in [-0.25, -0.2) is 0 Å². The van der Waals surface area contributed by atoms with Gasteiger partial charge in [-0.3, -0.25) is 9.59 Å². The highest BCUT2D eigenvalue weighted by atomic mass is 79.9. The molecule has 2 aromatic rings. The fourth-order valence-electron chi connectivity index (χ4n) is 4.43. The minimum absolute atomic E-state index is 0.0312. The molecule has 31 heavy (non-hydrogen) atoms. The Morgan fingerprint density at radius 1 is 1.03 bits per heavy atom. The lowest BCUT2D eigenvalue weighted by molar-refractivity contribution is -0.140. The van der Waals surface area contributed by atoms with E-state index in [0.29, 0.717) is 6.54 Å². The number of benzene rings is 2. The molecule has 0 heterocycles. The highest BCUT2D eigenvalue weighted by Crippen LogP contribution is 2.20. The number of nitrogens with zero attached hydrogens (tertiary/aromatic N) is 1. The van der Waals surface area contributed by atoms with Gasteiger partial charge < -0.3 is 10.2 Å². The van der Waals surface area contributed by atoms with Gasteiger partial charge in [-0.2, -0.15) is 0 Å². The van der Waals surface area contributed by atoms with E-state index in [0.717, 1.165) is 52.4 Å². The number of amides is 2. The second-order valence-corrected chi connectivity index (χ2v) is 9.76. The van der Waals surface area contributed by atoms with E-state index in [1.165, 1.54) is 6.42 Å². The maximum Gasteiger partial charge on any atom is 0.242 e. The van der Waals surface area contributed by atoms with Crippen LogP contribution < -0.4 is 5.32 Å². The van der Waals surface area contributed by atoms with E-state index in [1.54, 1.807) is 4.90 Å². The van der Waals surface area contributed by atoms with Crippen LogP contribution in [-0.4, -0.2) is 28.8 Å². The standard InChI is InChI=1S/C26H33BrN2O2/c1-18-12-19(2)14-22(13-18)16-25(30)29(17-21-8-7-9-23(27)15-21)20(3)26(31)28-24-10-5-4-6-11-24/h7-9,12-15,20,24H,4-6,10-11,16-17H2,1-3H3,(H,28,31). The average Bonchev–Trinajstić information content (AvgIpc) is 2.71. The summed E-state index contributed by atoms with van der Waals surface area (Å²) in [6.07, 6.45) is 5.91. The van der Waals surface area contributed by atoms with Crippen molar-refractivity contribution in [2.45, 2.75) is 77.9 Å². The fraction of sp³-hybridized carbons (Fsp3) is 0.462. The Morgan fingerprint density at radius 3 is 2.35 bits per heavy atom. The van der Waals surface area contributed by atoms with Crippen molar-refractivity contribution < 1.29 is 9.59 Å². The van der Waals surface area contributed by atoms with Gasteiger partial charge in [-0.05, 0) is 56.9 Å². The molecule has 1 N–H and O–H groups in total. The number of carbonyl (C=O) groups excluding carboxylic acids is 2. The highest BCUT2D eigenvalue weighted by molar-refractivity contribution is 9.10. The summed E-state index contributed by atoms with van der Waals surface area (Å²) in [4.78, 5) is 28.2. The summed E-state index contributed by atoms with van der Waals surface area (Å²) in [5, 5.41) is 3.19. The lowest BCUT2D eigenvalue weighted by Gasteiger charge is -2.31. The van der Waals surface area contributed by atoms with Crippen molar-refractivity contribution in [3.63, 3.8) is 0 Å². The largest absolute Gasteiger partial charge is 0.352 e. The Hall–Kier alpha value is -2.14. The Bertz CT molecular complexity index is 901. The van der Waals surface area contributed by atoms with E-state index < -0.39 is 6.04 Å². The monoisotopic (exact) mass is 484 g/mol. The first-order valence-corrected chi connectivity index (χ1v) is 12.0. The molecule has 2 aromatic carbocycles. The molecule has 1 unspecified atom stereocenters. The van der Waals surface area contributed by atoms with Gasteiger partial charge in [0.15, 0.2) is 0 Å². The molecular weight excluding hydrogens is 452 g/mol. The van der Waals surface area contributed by atoms with Gasteiger partial charge in [0.1, 0.15) is 6.04 Å². The lowest BCUT2D eigenvalue weighted by Crippen LogP contribution is -2.50. The lowest BCUT2D eigenvalue weighted by atomic mass is 9.95. The molecule has 0 radical (unpaired) electrons. The van der Waals surface area contributed by atoms with E-state index in [9.17, 15) is 9.59 Å². The maximum absolute atomic E-state index is 13.4. The molecule has 1 atom stereocenters. The predicted molar refractivity (Wildman–Crippen MR) is 129 cm³/mol. The van der Waals surface area contributed by atoms with Crippen LogP contribution in [0.25, 0.3) is 0 Å². The molecule has 0 aliphatic heterocycles. The molecule has 5 heteroatoms. The van der Waals surface area contributed by atoms with Gasteiger partial charge in [0, 0.05) is 17.1 Å². The normalized spacial score (nSPS) is 15.4. The number of aryl methyl sites for hydroxylation is 2. The third-order valence-corrected chi connectivity index (χ3v) is 6.49. The van der Waals surface area contributed by atoms with E-state index in [4.69, 9.17) is 0 Å². The minimum atomic E-state index is -0.528. The number of nitrogens with one attached hydrogen (secondary N) is 1. The molecule has 0 spiro atoms. The van der Waals surface area contributed by atoms with Crippen molar-refractivity contribution >= 4 is 27.7 Å². The van der Waals surface area contributed by atoms with Crippen LogP contribution in [0.3, 0.4) is 0 Å². The first kappa shape index (κ1) is 23.5. The molecule has 1 fully saturated rings. The summed E-state index contributed by atoms with van der Waals surface area (Å²) in [7, 11) is 0. The topological polar surface area (TPSA) is 49.4 Å². The number of rotatable bonds is 7. The Labute approximate surface area is 194 Å². The quantitative estimate of drug-likeness (QED) is 0.565. The molecule has 1 aliphatic rings. The van der Waals surface area contributed by atoms with Crippen LogP contribution in [-0.2, 0) is 22.6 Å². The first-order valence-electron chi connectivity index (χ1n) is 11.2. The van der Waals surface area contributed by atoms with Gasteiger partial charge in [-0.1, -0.05) is 76.7 Å². The maximum atomic E-state index is 13.4. The van der Waals surface area contributed by atoms with Crippen molar-refractivity contribution in [1.29, 1.82) is 0 Å². The third-order valence-electron chi connectivity index (χ3n) is 6.00. The van der Waals surface area contributed by atoms with Crippen LogP contribution in [0.1, 0.15) is 61.3 Å². The Kier molecular flexibility index (Phi) is 8.30. The second-order valence-electron chi connectivity index (χ2n) is 8.84. The summed E-state index contributed by atoms with van der Waals surface area (Å²) >= 11 is 3.51. The molecular formula is C26H33BrN2O2. The summed E-state index contributed by atoms with van der Waals surface area (Å²) < 4.78 is 0.964. The van der Waals surface area contributed by atoms with Crippen LogP contribution in [0, 0.1) is 13.8 Å². The van der Waals surface area contributed by atoms with Crippen LogP contribution in [0.5, 0.6) is 0 Å². The number of halogens is 1. The summed E-state index contributed by atoms with van der Waals surface area (Å²) in [5.74, 6) is -0.0908. The SMILES string of the molecule is Cc1cc(C)cc(CC(=O)N(Cc2cccc(Br)c2)C(C)C(=O)NC2CCCCC2)c1. The van der Waals surface area contributed by atoms with Crippen molar-refractivity contribution in [3.8, 4) is 0 Å². The Balaban J connectivity index is 1.78. The zero-order valence-corrected chi connectivity index (χ0v) is 20.4. The summed E-state index contributed by atoms with van der Waals surface area (Å²) in [6.45, 7) is 6.33. The summed E-state index contributed by atoms with van der Waals surface area (Å²) in [5.41, 5.74) is 4.27. The minimum Gasteiger partial charge on any atom is -0.352 e. The van der Waals surface area contributed by atoms with Crippen molar-refractivity contribution in [2.24, 2.45) is 0 Å². The molecule has 0 saturated heterocycles. The van der Waals surface area contributed by atoms with Gasteiger partial charge in [0.2, 0.25) is 11.8 Å². The van der Waals surface area contributed by atoms with E-state index >= 15 is 0 Å². The van der Waals surface area contributed by atoms with Gasteiger partial charge in [0.25, 0.3) is 0 Å². The molecule has 1 aliphatic carbocycles. The van der Waals surface area contributed by atoms with Crippen LogP contribution in [0.4, 0.5) is 0 Å². The Morgan fingerprint density at radius 2 is 1.71 bits per heavy atom. The third kappa shape index (κ3) is 6.93. The van der Waals surface area contributed by atoms with Crippen molar-refractivity contribution in [3.05, 3.63) is 69.2 Å². The van der Waals surface area contributed by atoms with E-state index in [2.05, 4.69) is 39.4 Å². The number of carbonyl (C=O) groups is 2. The first-order chi connectivity index (χ1) is 14.8. The van der Waals surface area contributed by atoms with Crippen LogP contribution in [0.2, 0.25) is 0 Å². The van der Waals surface area contributed by atoms with E-state index in [-0.39, 0.29) is 24.3 Å². The second kappa shape index (κ2) is 10.9. The average molecular weight is 485 g/mol. The van der Waals surface area contributed by atoms with Gasteiger partial charge in [0.05, 0.1) is 6.42 Å². The zero-order chi connectivity index (χ0) is 22.4. The highest BCUT2D eigenvalue weighted by Gasteiger charge is 2.28. The molecule has 0 aromatic heterocycles. The molecule has 3 rings (SSSR count). The molecule has 2 amide bonds. The van der Waals surface area contributed by atoms with Crippen molar-refractivity contribution in [2.75, 3.05) is 0 Å². The molecule has 0 bridgehead atoms.